The van der Waals surface area contributed by atoms with Crippen LogP contribution in [0, 0.1) is 0 Å². The average molecular weight is 380 g/mol. The number of nitrogens with two attached hydrogens (primary N) is 1. The Balaban J connectivity index is 3.08. The van der Waals surface area contributed by atoms with Crippen LogP contribution in [0.5, 0.6) is 0 Å². The van der Waals surface area contributed by atoms with Crippen molar-refractivity contribution in [2.45, 2.75) is 83.3 Å². The molecule has 0 saturated carbocycles. The van der Waals surface area contributed by atoms with E-state index in [1.54, 1.807) is 0 Å². The lowest BCUT2D eigenvalue weighted by atomic mass is 10.0. The van der Waals surface area contributed by atoms with Gasteiger partial charge in [-0.15, -0.1) is 0 Å². The zero-order valence-electron chi connectivity index (χ0n) is 16.4. The van der Waals surface area contributed by atoms with Crippen molar-refractivity contribution in [1.29, 1.82) is 0 Å². The van der Waals surface area contributed by atoms with Gasteiger partial charge in [-0.2, -0.15) is 0 Å². The lowest BCUT2D eigenvalue weighted by molar-refractivity contribution is -0.166. The molecule has 8 heteroatoms. The van der Waals surface area contributed by atoms with Gasteiger partial charge < -0.3 is 23.7 Å². The van der Waals surface area contributed by atoms with E-state index in [2.05, 4.69) is 58.9 Å². The second kappa shape index (κ2) is 7.77. The fraction of sp³-hybridized carbons (Fsp3) is 1.00. The van der Waals surface area contributed by atoms with Crippen LogP contribution < -0.4 is 5.73 Å². The van der Waals surface area contributed by atoms with E-state index < -0.39 is 25.0 Å². The van der Waals surface area contributed by atoms with Gasteiger partial charge in [-0.1, -0.05) is 0 Å². The van der Waals surface area contributed by atoms with Gasteiger partial charge >= 0.3 is 0 Å². The van der Waals surface area contributed by atoms with Crippen LogP contribution in [0.3, 0.4) is 0 Å². The Bertz CT molecular complexity index is 376. The van der Waals surface area contributed by atoms with Crippen LogP contribution in [-0.2, 0) is 18.0 Å². The second-order valence-corrected chi connectivity index (χ2v) is 22.6. The molecule has 1 aliphatic rings. The first-order chi connectivity index (χ1) is 10.2. The van der Waals surface area contributed by atoms with Crippen molar-refractivity contribution >= 4 is 25.0 Å². The Hall–Kier alpha value is 0.451. The maximum atomic E-state index is 6.53. The topological polar surface area (TPSA) is 62.9 Å². The summed E-state index contributed by atoms with van der Waals surface area (Å²) in [6.45, 7) is 20.8. The smallest absolute Gasteiger partial charge is 0.184 e. The zero-order chi connectivity index (χ0) is 18.1. The molecule has 0 aromatic carbocycles. The highest BCUT2D eigenvalue weighted by molar-refractivity contribution is 6.70. The molecule has 138 valence electrons. The fourth-order valence-electron chi connectivity index (χ4n) is 2.69. The van der Waals surface area contributed by atoms with E-state index in [4.69, 9.17) is 23.7 Å². The van der Waals surface area contributed by atoms with Crippen LogP contribution >= 0.6 is 0 Å². The molecule has 1 fully saturated rings. The van der Waals surface area contributed by atoms with Crippen LogP contribution in [0.4, 0.5) is 0 Å². The highest BCUT2D eigenvalue weighted by atomic mass is 28.4. The minimum atomic E-state index is -1.75. The first kappa shape index (κ1) is 21.5. The third-order valence-electron chi connectivity index (χ3n) is 3.25. The summed E-state index contributed by atoms with van der Waals surface area (Å²) < 4.78 is 25.4. The zero-order valence-corrected chi connectivity index (χ0v) is 19.4. The monoisotopic (exact) mass is 379 g/mol. The van der Waals surface area contributed by atoms with Crippen molar-refractivity contribution in [3.63, 3.8) is 0 Å². The first-order valence-corrected chi connectivity index (χ1v) is 18.8. The summed E-state index contributed by atoms with van der Waals surface area (Å²) in [5.74, 6) is 0. The third kappa shape index (κ3) is 7.91. The summed E-state index contributed by atoms with van der Waals surface area (Å²) in [6.07, 6.45) is -0.432. The van der Waals surface area contributed by atoms with E-state index >= 15 is 0 Å². The summed E-state index contributed by atoms with van der Waals surface area (Å²) in [5, 5.41) is 0. The van der Waals surface area contributed by atoms with Gasteiger partial charge in [0.25, 0.3) is 0 Å². The fourth-order valence-corrected chi connectivity index (χ4v) is 6.01. The predicted molar refractivity (Wildman–Crippen MR) is 103 cm³/mol. The van der Waals surface area contributed by atoms with E-state index in [0.29, 0.717) is 13.2 Å². The quantitative estimate of drug-likeness (QED) is 0.689. The predicted octanol–water partition coefficient (Wildman–Crippen LogP) is 3.00. The van der Waals surface area contributed by atoms with Crippen LogP contribution in [-0.4, -0.2) is 62.5 Å². The van der Waals surface area contributed by atoms with Crippen LogP contribution in [0.15, 0.2) is 0 Å². The normalized spacial score (nSPS) is 30.5. The third-order valence-corrected chi connectivity index (χ3v) is 6.22. The standard InChI is InChI=1S/C15H37NO4Si3/c1-21(2,3)18-13-11-17-12(10-16)14(19-22(4,5)6)15(13)20-23(7,8)9/h12-15H,10-11,16H2,1-9H3/t12-,13+,14-,15-/m1/s1. The molecule has 1 saturated heterocycles. The molecule has 5 nitrogen and oxygen atoms in total. The summed E-state index contributed by atoms with van der Waals surface area (Å²) in [7, 11) is -5.20. The molecule has 0 aromatic heterocycles. The van der Waals surface area contributed by atoms with Crippen LogP contribution in [0.25, 0.3) is 0 Å². The molecule has 0 amide bonds. The van der Waals surface area contributed by atoms with Crippen molar-refractivity contribution in [1.82, 2.24) is 0 Å². The maximum Gasteiger partial charge on any atom is 0.184 e. The summed E-state index contributed by atoms with van der Waals surface area (Å²) >= 11 is 0. The van der Waals surface area contributed by atoms with Crippen LogP contribution in [0.1, 0.15) is 0 Å². The lowest BCUT2D eigenvalue weighted by Crippen LogP contribution is -2.63. The first-order valence-electron chi connectivity index (χ1n) is 8.57. The molecule has 4 atom stereocenters. The molecule has 2 N–H and O–H groups in total. The lowest BCUT2D eigenvalue weighted by Gasteiger charge is -2.47. The molecule has 0 radical (unpaired) electrons. The number of hydrogen-bond donors (Lipinski definition) is 1. The van der Waals surface area contributed by atoms with Gasteiger partial charge in [0.15, 0.2) is 25.0 Å². The Kier molecular flexibility index (Phi) is 7.27. The Morgan fingerprint density at radius 2 is 1.22 bits per heavy atom. The average Bonchev–Trinajstić information content (AvgIpc) is 2.28. The van der Waals surface area contributed by atoms with Gasteiger partial charge in [0.1, 0.15) is 0 Å². The Morgan fingerprint density at radius 1 is 0.783 bits per heavy atom. The Labute approximate surface area is 145 Å². The van der Waals surface area contributed by atoms with Crippen molar-refractivity contribution < 1.29 is 18.0 Å². The van der Waals surface area contributed by atoms with E-state index in [-0.39, 0.29) is 24.4 Å². The van der Waals surface area contributed by atoms with Gasteiger partial charge in [-0.05, 0) is 58.9 Å². The van der Waals surface area contributed by atoms with E-state index in [9.17, 15) is 0 Å². The van der Waals surface area contributed by atoms with Crippen LogP contribution in [0.2, 0.25) is 58.9 Å². The van der Waals surface area contributed by atoms with E-state index in [1.807, 2.05) is 0 Å². The molecule has 1 heterocycles. The van der Waals surface area contributed by atoms with Crippen molar-refractivity contribution in [3.8, 4) is 0 Å². The number of rotatable bonds is 7. The largest absolute Gasteiger partial charge is 0.410 e. The highest BCUT2D eigenvalue weighted by Gasteiger charge is 2.46. The molecular weight excluding hydrogens is 342 g/mol. The minimum absolute atomic E-state index is 0.0717. The SMILES string of the molecule is C[Si](C)(C)O[C@H]1[C@H](O[Si](C)(C)C)[C@@H](CN)OC[C@@H]1O[Si](C)(C)C. The molecule has 0 aromatic rings. The second-order valence-electron chi connectivity index (χ2n) is 9.27. The van der Waals surface area contributed by atoms with Crippen molar-refractivity contribution in [2.24, 2.45) is 5.73 Å². The van der Waals surface area contributed by atoms with Crippen molar-refractivity contribution in [3.05, 3.63) is 0 Å². The van der Waals surface area contributed by atoms with Gasteiger partial charge in [-0.3, -0.25) is 0 Å². The van der Waals surface area contributed by atoms with Gasteiger partial charge in [0, 0.05) is 6.54 Å². The highest BCUT2D eigenvalue weighted by Crippen LogP contribution is 2.29. The van der Waals surface area contributed by atoms with Crippen molar-refractivity contribution in [2.75, 3.05) is 13.2 Å². The summed E-state index contributed by atoms with van der Waals surface area (Å²) in [5.41, 5.74) is 5.95. The van der Waals surface area contributed by atoms with Gasteiger partial charge in [-0.25, -0.2) is 0 Å². The molecule has 1 rings (SSSR count). The van der Waals surface area contributed by atoms with E-state index in [0.717, 1.165) is 0 Å². The maximum absolute atomic E-state index is 6.53. The molecule has 1 aliphatic heterocycles. The molecular formula is C15H37NO4Si3. The summed E-state index contributed by atoms with van der Waals surface area (Å²) in [6, 6.07) is 0. The minimum Gasteiger partial charge on any atom is -0.410 e. The molecule has 0 spiro atoms. The molecule has 23 heavy (non-hydrogen) atoms. The number of hydrogen-bond acceptors (Lipinski definition) is 5. The van der Waals surface area contributed by atoms with Gasteiger partial charge in [0.2, 0.25) is 0 Å². The molecule has 0 unspecified atom stereocenters. The van der Waals surface area contributed by atoms with E-state index in [1.165, 1.54) is 0 Å². The number of ether oxygens (including phenoxy) is 1. The molecule has 0 aliphatic carbocycles. The van der Waals surface area contributed by atoms with Gasteiger partial charge in [0.05, 0.1) is 31.0 Å². The Morgan fingerprint density at radius 3 is 1.61 bits per heavy atom. The molecule has 0 bridgehead atoms. The summed E-state index contributed by atoms with van der Waals surface area (Å²) in [4.78, 5) is 0.